The number of amides is 1. The molecule has 1 aromatic heterocycles. The van der Waals surface area contributed by atoms with E-state index in [1.165, 1.54) is 6.07 Å². The van der Waals surface area contributed by atoms with Crippen molar-refractivity contribution in [2.75, 3.05) is 25.0 Å². The quantitative estimate of drug-likeness (QED) is 0.933. The number of hydrogen-bond acceptors (Lipinski definition) is 5. The Balaban J connectivity index is 1.75. The topological polar surface area (TPSA) is 69.6 Å². The first-order valence-corrected chi connectivity index (χ1v) is 7.84. The molecule has 1 aliphatic rings. The van der Waals surface area contributed by atoms with Gasteiger partial charge in [-0.05, 0) is 43.2 Å². The van der Waals surface area contributed by atoms with Crippen molar-refractivity contribution < 1.29 is 14.3 Å². The summed E-state index contributed by atoms with van der Waals surface area (Å²) in [7, 11) is 1.68. The van der Waals surface area contributed by atoms with E-state index in [9.17, 15) is 14.3 Å². The Bertz CT molecular complexity index is 726. The number of anilines is 1. The number of phenols is 1. The summed E-state index contributed by atoms with van der Waals surface area (Å²) in [5.41, 5.74) is -0.0193. The van der Waals surface area contributed by atoms with Gasteiger partial charge in [-0.3, -0.25) is 4.79 Å². The predicted molar refractivity (Wildman–Crippen MR) is 87.4 cm³/mol. The van der Waals surface area contributed by atoms with Crippen LogP contribution in [0.3, 0.4) is 0 Å². The Kier molecular flexibility index (Phi) is 4.59. The molecule has 7 heteroatoms. The molecule has 1 aromatic carbocycles. The number of nitrogens with zero attached hydrogens (tertiary/aromatic N) is 4. The van der Waals surface area contributed by atoms with Gasteiger partial charge in [-0.25, -0.2) is 4.39 Å². The number of rotatable bonds is 3. The highest BCUT2D eigenvalue weighted by molar-refractivity contribution is 5.96. The monoisotopic (exact) mass is 330 g/mol. The van der Waals surface area contributed by atoms with Crippen LogP contribution in [-0.4, -0.2) is 52.3 Å². The van der Waals surface area contributed by atoms with Gasteiger partial charge in [-0.1, -0.05) is 0 Å². The Morgan fingerprint density at radius 3 is 3.00 bits per heavy atom. The molecule has 126 valence electrons. The number of hydrogen-bond donors (Lipinski definition) is 1. The third-order valence-corrected chi connectivity index (χ3v) is 4.34. The molecule has 2 aromatic rings. The minimum absolute atomic E-state index is 0.0193. The highest BCUT2D eigenvalue weighted by Gasteiger charge is 2.28. The van der Waals surface area contributed by atoms with Crippen molar-refractivity contribution in [3.63, 3.8) is 0 Å². The average Bonchev–Trinajstić information content (AvgIpc) is 2.63. The minimum Gasteiger partial charge on any atom is -0.507 e. The van der Waals surface area contributed by atoms with Gasteiger partial charge in [-0.15, -0.1) is 5.10 Å². The number of aromatic nitrogens is 2. The Morgan fingerprint density at radius 1 is 1.42 bits per heavy atom. The van der Waals surface area contributed by atoms with Crippen LogP contribution >= 0.6 is 0 Å². The fourth-order valence-corrected chi connectivity index (χ4v) is 2.98. The Morgan fingerprint density at radius 2 is 2.25 bits per heavy atom. The lowest BCUT2D eigenvalue weighted by atomic mass is 10.0. The lowest BCUT2D eigenvalue weighted by molar-refractivity contribution is 0.0713. The first kappa shape index (κ1) is 16.2. The zero-order valence-corrected chi connectivity index (χ0v) is 13.4. The smallest absolute Gasteiger partial charge is 0.257 e. The van der Waals surface area contributed by atoms with Crippen LogP contribution in [0.2, 0.25) is 0 Å². The molecule has 1 N–H and O–H groups in total. The van der Waals surface area contributed by atoms with Crippen molar-refractivity contribution in [3.8, 4) is 5.75 Å². The molecular weight excluding hydrogens is 311 g/mol. The Labute approximate surface area is 139 Å². The molecule has 0 spiro atoms. The third-order valence-electron chi connectivity index (χ3n) is 4.34. The maximum Gasteiger partial charge on any atom is 0.257 e. The SMILES string of the molecule is CN(C(=O)c1cc(F)ccc1O)[C@@H]1CCCN(c2cccnn2)C1. The van der Waals surface area contributed by atoms with Crippen molar-refractivity contribution in [1.29, 1.82) is 0 Å². The molecule has 1 atom stereocenters. The van der Waals surface area contributed by atoms with Crippen molar-refractivity contribution in [1.82, 2.24) is 15.1 Å². The lowest BCUT2D eigenvalue weighted by Gasteiger charge is -2.38. The van der Waals surface area contributed by atoms with Gasteiger partial charge >= 0.3 is 0 Å². The van der Waals surface area contributed by atoms with Crippen molar-refractivity contribution in [3.05, 3.63) is 47.9 Å². The summed E-state index contributed by atoms with van der Waals surface area (Å²) in [4.78, 5) is 16.3. The van der Waals surface area contributed by atoms with Crippen molar-refractivity contribution in [2.45, 2.75) is 18.9 Å². The zero-order chi connectivity index (χ0) is 17.1. The van der Waals surface area contributed by atoms with Gasteiger partial charge in [0, 0.05) is 32.4 Å². The molecule has 0 aliphatic carbocycles. The van der Waals surface area contributed by atoms with Gasteiger partial charge in [-0.2, -0.15) is 5.10 Å². The first-order valence-electron chi connectivity index (χ1n) is 7.84. The Hall–Kier alpha value is -2.70. The van der Waals surface area contributed by atoms with Crippen LogP contribution in [0.4, 0.5) is 10.2 Å². The summed E-state index contributed by atoms with van der Waals surface area (Å²) >= 11 is 0. The third kappa shape index (κ3) is 3.29. The molecule has 0 unspecified atom stereocenters. The molecule has 3 rings (SSSR count). The summed E-state index contributed by atoms with van der Waals surface area (Å²) < 4.78 is 13.4. The van der Waals surface area contributed by atoms with Gasteiger partial charge in [0.05, 0.1) is 5.56 Å². The molecule has 2 heterocycles. The fourth-order valence-electron chi connectivity index (χ4n) is 2.98. The second-order valence-corrected chi connectivity index (χ2v) is 5.90. The van der Waals surface area contributed by atoms with Crippen molar-refractivity contribution in [2.24, 2.45) is 0 Å². The van der Waals surface area contributed by atoms with Crippen LogP contribution in [-0.2, 0) is 0 Å². The van der Waals surface area contributed by atoms with Gasteiger partial charge in [0.1, 0.15) is 11.6 Å². The number of halogens is 1. The molecule has 24 heavy (non-hydrogen) atoms. The van der Waals surface area contributed by atoms with Gasteiger partial charge < -0.3 is 14.9 Å². The molecule has 1 amide bonds. The average molecular weight is 330 g/mol. The molecular formula is C17H19FN4O2. The van der Waals surface area contributed by atoms with Crippen LogP contribution in [0.15, 0.2) is 36.5 Å². The van der Waals surface area contributed by atoms with E-state index >= 15 is 0 Å². The second-order valence-electron chi connectivity index (χ2n) is 5.90. The predicted octanol–water partition coefficient (Wildman–Crippen LogP) is 2.06. The number of benzene rings is 1. The highest BCUT2D eigenvalue weighted by atomic mass is 19.1. The number of carbonyl (C=O) groups is 1. The molecule has 0 saturated carbocycles. The minimum atomic E-state index is -0.547. The van der Waals surface area contributed by atoms with Crippen LogP contribution in [0.5, 0.6) is 5.75 Å². The summed E-state index contributed by atoms with van der Waals surface area (Å²) in [6, 6.07) is 7.06. The van der Waals surface area contributed by atoms with E-state index in [1.807, 2.05) is 12.1 Å². The van der Waals surface area contributed by atoms with E-state index < -0.39 is 11.7 Å². The van der Waals surface area contributed by atoms with Crippen LogP contribution < -0.4 is 4.90 Å². The van der Waals surface area contributed by atoms with Crippen LogP contribution in [0.25, 0.3) is 0 Å². The molecule has 1 fully saturated rings. The normalized spacial score (nSPS) is 17.6. The first-order chi connectivity index (χ1) is 11.6. The van der Waals surface area contributed by atoms with E-state index in [0.29, 0.717) is 6.54 Å². The summed E-state index contributed by atoms with van der Waals surface area (Å²) in [6.45, 7) is 1.47. The number of carbonyl (C=O) groups excluding carboxylic acids is 1. The van der Waals surface area contributed by atoms with E-state index in [-0.39, 0.29) is 17.4 Å². The van der Waals surface area contributed by atoms with Crippen molar-refractivity contribution >= 4 is 11.7 Å². The fraction of sp³-hybridized carbons (Fsp3) is 0.353. The molecule has 1 saturated heterocycles. The summed E-state index contributed by atoms with van der Waals surface area (Å²) in [6.07, 6.45) is 3.37. The van der Waals surface area contributed by atoms with Gasteiger partial charge in [0.2, 0.25) is 0 Å². The molecule has 0 bridgehead atoms. The maximum atomic E-state index is 13.4. The molecule has 0 radical (unpaired) electrons. The standard InChI is InChI=1S/C17H19FN4O2/c1-21(17(24)14-10-12(18)6-7-15(14)23)13-4-3-9-22(11-13)16-5-2-8-19-20-16/h2,5-8,10,13,23H,3-4,9,11H2,1H3/t13-/m1/s1. The van der Waals surface area contributed by atoms with Crippen LogP contribution in [0.1, 0.15) is 23.2 Å². The number of aromatic hydroxyl groups is 1. The number of piperidine rings is 1. The van der Waals surface area contributed by atoms with Gasteiger partial charge in [0.25, 0.3) is 5.91 Å². The lowest BCUT2D eigenvalue weighted by Crippen LogP contribution is -2.49. The van der Waals surface area contributed by atoms with E-state index in [2.05, 4.69) is 15.1 Å². The maximum absolute atomic E-state index is 13.4. The molecule has 6 nitrogen and oxygen atoms in total. The van der Waals surface area contributed by atoms with E-state index in [0.717, 1.165) is 37.3 Å². The summed E-state index contributed by atoms with van der Waals surface area (Å²) in [5, 5.41) is 17.8. The molecule has 1 aliphatic heterocycles. The zero-order valence-electron chi connectivity index (χ0n) is 13.4. The largest absolute Gasteiger partial charge is 0.507 e. The highest BCUT2D eigenvalue weighted by Crippen LogP contribution is 2.24. The number of phenolic OH excluding ortho intramolecular Hbond substituents is 1. The van der Waals surface area contributed by atoms with E-state index in [4.69, 9.17) is 0 Å². The van der Waals surface area contributed by atoms with Crippen LogP contribution in [0, 0.1) is 5.82 Å². The second kappa shape index (κ2) is 6.82. The summed E-state index contributed by atoms with van der Waals surface area (Å²) in [5.74, 6) is -0.376. The van der Waals surface area contributed by atoms with Gasteiger partial charge in [0.15, 0.2) is 5.82 Å². The van der Waals surface area contributed by atoms with E-state index in [1.54, 1.807) is 18.1 Å². The number of likely N-dealkylation sites (N-methyl/N-ethyl adjacent to an activating group) is 1.